The van der Waals surface area contributed by atoms with Crippen LogP contribution in [0.2, 0.25) is 5.15 Å². The molecule has 2 aromatic carbocycles. The predicted molar refractivity (Wildman–Crippen MR) is 151 cm³/mol. The van der Waals surface area contributed by atoms with E-state index in [9.17, 15) is 31.1 Å². The molecule has 0 atom stereocenters. The molecule has 230 valence electrons. The number of rotatable bonds is 6. The summed E-state index contributed by atoms with van der Waals surface area (Å²) in [7, 11) is 1.62. The van der Waals surface area contributed by atoms with Gasteiger partial charge in [-0.05, 0) is 77.6 Å². The Morgan fingerprint density at radius 3 is 2.36 bits per heavy atom. The quantitative estimate of drug-likeness (QED) is 0.176. The minimum Gasteiger partial charge on any atom is -0.317 e. The Kier molecular flexibility index (Phi) is 7.65. The highest BCUT2D eigenvalue weighted by molar-refractivity contribution is 6.30. The fourth-order valence-electron chi connectivity index (χ4n) is 5.86. The van der Waals surface area contributed by atoms with Gasteiger partial charge in [-0.25, -0.2) is 4.98 Å². The lowest BCUT2D eigenvalue weighted by Gasteiger charge is -2.18. The number of fused-ring (bicyclic) bond motifs is 1. The zero-order chi connectivity index (χ0) is 31.4. The summed E-state index contributed by atoms with van der Waals surface area (Å²) < 4.78 is 85.4. The van der Waals surface area contributed by atoms with Gasteiger partial charge in [0, 0.05) is 30.8 Å². The van der Waals surface area contributed by atoms with Crippen molar-refractivity contribution in [3.8, 4) is 22.5 Å². The number of nitrogens with one attached hydrogen (secondary N) is 1. The number of hydrogen-bond donors (Lipinski definition) is 1. The van der Waals surface area contributed by atoms with E-state index >= 15 is 0 Å². The van der Waals surface area contributed by atoms with Gasteiger partial charge in [-0.3, -0.25) is 9.69 Å². The highest BCUT2D eigenvalue weighted by Gasteiger charge is 2.41. The maximum atomic E-state index is 14.2. The number of aryl methyl sites for hydroxylation is 1. The van der Waals surface area contributed by atoms with Crippen molar-refractivity contribution in [2.75, 3.05) is 4.90 Å². The van der Waals surface area contributed by atoms with E-state index in [1.807, 2.05) is 0 Å². The number of hydrogen-bond acceptors (Lipinski definition) is 5. The molecule has 0 spiro atoms. The number of pyridine rings is 1. The molecular weight excluding hydrogens is 610 g/mol. The van der Waals surface area contributed by atoms with Crippen LogP contribution in [-0.2, 0) is 32.5 Å². The molecule has 2 aromatic heterocycles. The minimum absolute atomic E-state index is 0.0712. The van der Waals surface area contributed by atoms with Crippen LogP contribution in [-0.4, -0.2) is 31.7 Å². The second-order valence-corrected chi connectivity index (χ2v) is 11.4. The molecule has 0 unspecified atom stereocenters. The molecular formula is C30H25ClF6N6O. The zero-order valence-corrected chi connectivity index (χ0v) is 24.0. The van der Waals surface area contributed by atoms with Gasteiger partial charge in [0.1, 0.15) is 17.3 Å². The number of benzene rings is 2. The van der Waals surface area contributed by atoms with Crippen molar-refractivity contribution >= 4 is 23.3 Å². The smallest absolute Gasteiger partial charge is 0.317 e. The molecule has 0 saturated heterocycles. The third-order valence-electron chi connectivity index (χ3n) is 8.02. The SMILES string of the molecule is Cn1cnnc1-c1ccc(C(F)(F)F)cc1-c1cc(Cl)nc(N2Cc3c(cc(CNC4CCCC4)cc3C(F)(F)F)C2=O)c1. The maximum absolute atomic E-state index is 14.2. The van der Waals surface area contributed by atoms with Gasteiger partial charge in [-0.2, -0.15) is 26.3 Å². The van der Waals surface area contributed by atoms with Gasteiger partial charge in [-0.15, -0.1) is 10.2 Å². The largest absolute Gasteiger partial charge is 0.416 e. The van der Waals surface area contributed by atoms with Gasteiger partial charge in [0.25, 0.3) is 5.91 Å². The first-order valence-corrected chi connectivity index (χ1v) is 14.2. The van der Waals surface area contributed by atoms with E-state index in [2.05, 4.69) is 20.5 Å². The lowest BCUT2D eigenvalue weighted by molar-refractivity contribution is -0.138. The second kappa shape index (κ2) is 11.2. The van der Waals surface area contributed by atoms with Crippen molar-refractivity contribution in [1.82, 2.24) is 25.1 Å². The average molecular weight is 635 g/mol. The summed E-state index contributed by atoms with van der Waals surface area (Å²) in [5.74, 6) is -0.554. The van der Waals surface area contributed by atoms with E-state index in [0.29, 0.717) is 11.1 Å². The third-order valence-corrected chi connectivity index (χ3v) is 8.22. The van der Waals surface area contributed by atoms with E-state index in [1.54, 1.807) is 7.05 Å². The van der Waals surface area contributed by atoms with Crippen LogP contribution in [0.1, 0.15) is 58.3 Å². The first-order chi connectivity index (χ1) is 20.8. The molecule has 3 heterocycles. The molecule has 7 nitrogen and oxygen atoms in total. The Bertz CT molecular complexity index is 1750. The predicted octanol–water partition coefficient (Wildman–Crippen LogP) is 7.43. The van der Waals surface area contributed by atoms with Gasteiger partial charge >= 0.3 is 12.4 Å². The minimum atomic E-state index is -4.72. The molecule has 1 N–H and O–H groups in total. The van der Waals surface area contributed by atoms with Crippen LogP contribution in [0.4, 0.5) is 32.2 Å². The molecule has 1 aliphatic carbocycles. The van der Waals surface area contributed by atoms with Crippen LogP contribution < -0.4 is 10.2 Å². The maximum Gasteiger partial charge on any atom is 0.416 e. The number of alkyl halides is 6. The molecule has 0 bridgehead atoms. The molecule has 2 aliphatic rings. The number of nitrogens with zero attached hydrogens (tertiary/aromatic N) is 5. The van der Waals surface area contributed by atoms with Crippen LogP contribution in [0.3, 0.4) is 0 Å². The highest BCUT2D eigenvalue weighted by Crippen LogP contribution is 2.42. The summed E-state index contributed by atoms with van der Waals surface area (Å²) in [5.41, 5.74) is -1.31. The van der Waals surface area contributed by atoms with Crippen molar-refractivity contribution in [3.63, 3.8) is 0 Å². The van der Waals surface area contributed by atoms with E-state index in [4.69, 9.17) is 11.6 Å². The van der Waals surface area contributed by atoms with E-state index in [-0.39, 0.29) is 51.6 Å². The average Bonchev–Trinajstić information content (AvgIpc) is 3.71. The Labute approximate surface area is 252 Å². The zero-order valence-electron chi connectivity index (χ0n) is 23.2. The Balaban J connectivity index is 1.41. The normalized spacial score (nSPS) is 15.8. The van der Waals surface area contributed by atoms with Crippen LogP contribution in [0.5, 0.6) is 0 Å². The number of aromatic nitrogens is 4. The molecule has 4 aromatic rings. The van der Waals surface area contributed by atoms with Crippen molar-refractivity contribution < 1.29 is 31.1 Å². The molecule has 44 heavy (non-hydrogen) atoms. The van der Waals surface area contributed by atoms with Gasteiger partial charge in [0.15, 0.2) is 5.82 Å². The van der Waals surface area contributed by atoms with Gasteiger partial charge in [0.2, 0.25) is 0 Å². The van der Waals surface area contributed by atoms with Crippen LogP contribution >= 0.6 is 11.6 Å². The molecule has 14 heteroatoms. The molecule has 1 aliphatic heterocycles. The lowest BCUT2D eigenvalue weighted by Crippen LogP contribution is -2.26. The van der Waals surface area contributed by atoms with Crippen molar-refractivity contribution in [1.29, 1.82) is 0 Å². The first-order valence-electron chi connectivity index (χ1n) is 13.8. The van der Waals surface area contributed by atoms with Crippen molar-refractivity contribution in [3.05, 3.63) is 81.8 Å². The first kappa shape index (κ1) is 30.1. The van der Waals surface area contributed by atoms with Gasteiger partial charge in [0.05, 0.1) is 17.7 Å². The standard InChI is InChI=1S/C30H25ClF6N6O/c1-42-15-39-41-27(42)20-7-6-18(29(32,33)34)12-21(20)17-10-25(31)40-26(11-17)43-14-23-22(28(43)44)8-16(9-24(23)30(35,36)37)13-38-19-4-2-3-5-19/h6-12,15,19,38H,2-5,13-14H2,1H3. The molecule has 1 saturated carbocycles. The van der Waals surface area contributed by atoms with Gasteiger partial charge in [-0.1, -0.05) is 24.4 Å². The number of anilines is 1. The topological polar surface area (TPSA) is 75.9 Å². The fraction of sp³-hybridized carbons (Fsp3) is 0.333. The number of amides is 1. The van der Waals surface area contributed by atoms with Crippen LogP contribution in [0.25, 0.3) is 22.5 Å². The summed E-state index contributed by atoms with van der Waals surface area (Å²) in [4.78, 5) is 18.9. The number of halogens is 7. The summed E-state index contributed by atoms with van der Waals surface area (Å²) in [6.45, 7) is -0.265. The molecule has 0 radical (unpaired) electrons. The fourth-order valence-corrected chi connectivity index (χ4v) is 6.06. The lowest BCUT2D eigenvalue weighted by atomic mass is 9.97. The molecule has 1 amide bonds. The molecule has 6 rings (SSSR count). The molecule has 1 fully saturated rings. The van der Waals surface area contributed by atoms with Crippen molar-refractivity contribution in [2.45, 2.75) is 57.2 Å². The summed E-state index contributed by atoms with van der Waals surface area (Å²) in [6.07, 6.45) is -4.01. The number of carbonyl (C=O) groups excluding carboxylic acids is 1. The number of carbonyl (C=O) groups is 1. The van der Waals surface area contributed by atoms with E-state index in [1.165, 1.54) is 35.2 Å². The Hall–Kier alpha value is -3.97. The Morgan fingerprint density at radius 1 is 0.955 bits per heavy atom. The summed E-state index contributed by atoms with van der Waals surface area (Å²) in [5, 5.41) is 10.9. The highest BCUT2D eigenvalue weighted by atomic mass is 35.5. The van der Waals surface area contributed by atoms with Crippen LogP contribution in [0, 0.1) is 0 Å². The Morgan fingerprint density at radius 2 is 1.70 bits per heavy atom. The van der Waals surface area contributed by atoms with E-state index in [0.717, 1.165) is 48.8 Å². The third kappa shape index (κ3) is 5.77. The van der Waals surface area contributed by atoms with E-state index < -0.39 is 35.9 Å². The summed E-state index contributed by atoms with van der Waals surface area (Å²) >= 11 is 6.32. The summed E-state index contributed by atoms with van der Waals surface area (Å²) in [6, 6.07) is 8.47. The monoisotopic (exact) mass is 634 g/mol. The van der Waals surface area contributed by atoms with Crippen LogP contribution in [0.15, 0.2) is 48.8 Å². The van der Waals surface area contributed by atoms with Gasteiger partial charge < -0.3 is 9.88 Å². The van der Waals surface area contributed by atoms with Crippen molar-refractivity contribution in [2.24, 2.45) is 7.05 Å². The second-order valence-electron chi connectivity index (χ2n) is 11.0.